The highest BCUT2D eigenvalue weighted by atomic mass is 16.3. The number of nitrogens with zero attached hydrogens (tertiary/aromatic N) is 1. The highest BCUT2D eigenvalue weighted by Crippen LogP contribution is 2.36. The van der Waals surface area contributed by atoms with Gasteiger partial charge in [-0.05, 0) is 25.7 Å². The van der Waals surface area contributed by atoms with Gasteiger partial charge in [0.25, 0.3) is 0 Å². The van der Waals surface area contributed by atoms with E-state index in [1.807, 2.05) is 6.92 Å². The summed E-state index contributed by atoms with van der Waals surface area (Å²) >= 11 is 0. The Labute approximate surface area is 72.0 Å². The van der Waals surface area contributed by atoms with E-state index in [4.69, 9.17) is 10.2 Å². The zero-order valence-electron chi connectivity index (χ0n) is 7.34. The van der Waals surface area contributed by atoms with Gasteiger partial charge in [-0.15, -0.1) is 0 Å². The van der Waals surface area contributed by atoms with Gasteiger partial charge in [-0.3, -0.25) is 0 Å². The molecule has 2 rings (SSSR count). The molecule has 0 amide bonds. The minimum absolute atomic E-state index is 0.132. The molecule has 3 nitrogen and oxygen atoms in total. The molecule has 0 radical (unpaired) electrons. The van der Waals surface area contributed by atoms with Crippen molar-refractivity contribution >= 4 is 0 Å². The first-order chi connectivity index (χ1) is 5.68. The second-order valence-corrected chi connectivity index (χ2v) is 3.72. The second-order valence-electron chi connectivity index (χ2n) is 3.72. The van der Waals surface area contributed by atoms with E-state index < -0.39 is 0 Å². The number of aromatic nitrogens is 1. The lowest BCUT2D eigenvalue weighted by molar-refractivity contribution is 0.519. The number of nitrogens with two attached hydrogens (primary N) is 1. The summed E-state index contributed by atoms with van der Waals surface area (Å²) in [5, 5.41) is 0. The summed E-state index contributed by atoms with van der Waals surface area (Å²) in [6.45, 7) is 1.86. The summed E-state index contributed by atoms with van der Waals surface area (Å²) in [6.07, 6.45) is 6.06. The number of aryl methyl sites for hydroxylation is 2. The lowest BCUT2D eigenvalue weighted by atomic mass is 10.1. The molecule has 0 atom stereocenters. The van der Waals surface area contributed by atoms with Crippen molar-refractivity contribution in [2.75, 3.05) is 0 Å². The topological polar surface area (TPSA) is 52.0 Å². The molecule has 0 aromatic carbocycles. The molecule has 0 saturated heterocycles. The normalized spacial score (nSPS) is 19.5. The molecule has 3 heteroatoms. The molecule has 1 heterocycles. The number of hydrogen-bond donors (Lipinski definition) is 1. The van der Waals surface area contributed by atoms with Gasteiger partial charge in [0.2, 0.25) is 0 Å². The third-order valence-electron chi connectivity index (χ3n) is 2.44. The number of hydrogen-bond acceptors (Lipinski definition) is 3. The molecule has 0 unspecified atom stereocenters. The average Bonchev–Trinajstić information content (AvgIpc) is 2.60. The van der Waals surface area contributed by atoms with Gasteiger partial charge in [-0.1, -0.05) is 0 Å². The molecule has 1 aromatic rings. The second kappa shape index (κ2) is 2.59. The van der Waals surface area contributed by atoms with Gasteiger partial charge >= 0.3 is 0 Å². The summed E-state index contributed by atoms with van der Waals surface area (Å²) in [6, 6.07) is 0. The van der Waals surface area contributed by atoms with Crippen LogP contribution in [0.1, 0.15) is 30.8 Å². The van der Waals surface area contributed by atoms with Gasteiger partial charge in [-0.2, -0.15) is 0 Å². The van der Waals surface area contributed by atoms with E-state index in [1.54, 1.807) is 6.26 Å². The van der Waals surface area contributed by atoms with Crippen molar-refractivity contribution in [3.63, 3.8) is 0 Å². The van der Waals surface area contributed by atoms with Crippen molar-refractivity contribution in [2.24, 2.45) is 5.73 Å². The van der Waals surface area contributed by atoms with Crippen LogP contribution in [0.5, 0.6) is 0 Å². The molecule has 12 heavy (non-hydrogen) atoms. The van der Waals surface area contributed by atoms with Crippen molar-refractivity contribution in [3.8, 4) is 0 Å². The summed E-state index contributed by atoms with van der Waals surface area (Å²) in [7, 11) is 0. The van der Waals surface area contributed by atoms with E-state index in [2.05, 4.69) is 4.98 Å². The van der Waals surface area contributed by atoms with Crippen LogP contribution < -0.4 is 5.73 Å². The third-order valence-corrected chi connectivity index (χ3v) is 2.44. The monoisotopic (exact) mass is 166 g/mol. The van der Waals surface area contributed by atoms with Crippen LogP contribution in [0.4, 0.5) is 0 Å². The fourth-order valence-electron chi connectivity index (χ4n) is 1.31. The van der Waals surface area contributed by atoms with Crippen molar-refractivity contribution < 1.29 is 4.42 Å². The Hall–Kier alpha value is -0.830. The van der Waals surface area contributed by atoms with E-state index in [0.717, 1.165) is 24.4 Å². The van der Waals surface area contributed by atoms with Crippen molar-refractivity contribution in [1.82, 2.24) is 4.98 Å². The molecule has 1 aromatic heterocycles. The zero-order chi connectivity index (χ0) is 8.60. The SMILES string of the molecule is Cc1nc(CCC2(N)CC2)co1. The Bertz CT molecular complexity index is 276. The van der Waals surface area contributed by atoms with E-state index in [9.17, 15) is 0 Å². The Morgan fingerprint density at radius 2 is 2.42 bits per heavy atom. The average molecular weight is 166 g/mol. The molecular weight excluding hydrogens is 152 g/mol. The van der Waals surface area contributed by atoms with Crippen LogP contribution >= 0.6 is 0 Å². The molecule has 2 N–H and O–H groups in total. The van der Waals surface area contributed by atoms with E-state index in [-0.39, 0.29) is 5.54 Å². The maximum Gasteiger partial charge on any atom is 0.191 e. The first-order valence-corrected chi connectivity index (χ1v) is 4.38. The Balaban J connectivity index is 1.87. The minimum Gasteiger partial charge on any atom is -0.449 e. The molecule has 0 aliphatic heterocycles. The van der Waals surface area contributed by atoms with E-state index >= 15 is 0 Å². The smallest absolute Gasteiger partial charge is 0.191 e. The molecule has 1 aliphatic carbocycles. The quantitative estimate of drug-likeness (QED) is 0.738. The fraction of sp³-hybridized carbons (Fsp3) is 0.667. The first-order valence-electron chi connectivity index (χ1n) is 4.38. The van der Waals surface area contributed by atoms with Gasteiger partial charge < -0.3 is 10.2 Å². The van der Waals surface area contributed by atoms with Gasteiger partial charge in [0.05, 0.1) is 5.69 Å². The Kier molecular flexibility index (Phi) is 1.68. The largest absolute Gasteiger partial charge is 0.449 e. The molecule has 1 saturated carbocycles. The predicted octanol–water partition coefficient (Wildman–Crippen LogP) is 1.41. The van der Waals surface area contributed by atoms with Crippen LogP contribution in [0, 0.1) is 6.92 Å². The molecule has 1 fully saturated rings. The lowest BCUT2D eigenvalue weighted by Gasteiger charge is -2.04. The zero-order valence-corrected chi connectivity index (χ0v) is 7.34. The predicted molar refractivity (Wildman–Crippen MR) is 45.7 cm³/mol. The number of oxazole rings is 1. The summed E-state index contributed by atoms with van der Waals surface area (Å²) in [4.78, 5) is 4.22. The van der Waals surface area contributed by atoms with Crippen LogP contribution in [-0.2, 0) is 6.42 Å². The van der Waals surface area contributed by atoms with Gasteiger partial charge in [-0.25, -0.2) is 4.98 Å². The molecule has 66 valence electrons. The summed E-state index contributed by atoms with van der Waals surface area (Å²) < 4.78 is 5.10. The maximum absolute atomic E-state index is 5.94. The van der Waals surface area contributed by atoms with Crippen molar-refractivity contribution in [2.45, 2.75) is 38.1 Å². The summed E-state index contributed by atoms with van der Waals surface area (Å²) in [5.74, 6) is 0.742. The van der Waals surface area contributed by atoms with Crippen LogP contribution in [0.2, 0.25) is 0 Å². The Morgan fingerprint density at radius 3 is 2.92 bits per heavy atom. The summed E-state index contributed by atoms with van der Waals surface area (Å²) in [5.41, 5.74) is 7.11. The van der Waals surface area contributed by atoms with E-state index in [0.29, 0.717) is 0 Å². The molecule has 0 bridgehead atoms. The van der Waals surface area contributed by atoms with Gasteiger partial charge in [0.1, 0.15) is 6.26 Å². The highest BCUT2D eigenvalue weighted by molar-refractivity contribution is 5.03. The van der Waals surface area contributed by atoms with Crippen LogP contribution in [0.3, 0.4) is 0 Å². The van der Waals surface area contributed by atoms with Crippen molar-refractivity contribution in [3.05, 3.63) is 17.8 Å². The number of rotatable bonds is 3. The molecule has 1 aliphatic rings. The van der Waals surface area contributed by atoms with Crippen LogP contribution in [0.15, 0.2) is 10.7 Å². The molecule has 0 spiro atoms. The third kappa shape index (κ3) is 1.67. The maximum atomic E-state index is 5.94. The van der Waals surface area contributed by atoms with E-state index in [1.165, 1.54) is 12.8 Å². The van der Waals surface area contributed by atoms with Crippen LogP contribution in [-0.4, -0.2) is 10.5 Å². The minimum atomic E-state index is 0.132. The molecular formula is C9H14N2O. The fourth-order valence-corrected chi connectivity index (χ4v) is 1.31. The van der Waals surface area contributed by atoms with Crippen molar-refractivity contribution in [1.29, 1.82) is 0 Å². The first kappa shape index (κ1) is 7.80. The van der Waals surface area contributed by atoms with Crippen LogP contribution in [0.25, 0.3) is 0 Å². The van der Waals surface area contributed by atoms with Gasteiger partial charge in [0, 0.05) is 12.5 Å². The Morgan fingerprint density at radius 1 is 1.67 bits per heavy atom. The standard InChI is InChI=1S/C9H14N2O/c1-7-11-8(6-12-7)2-3-9(10)4-5-9/h6H,2-5,10H2,1H3. The van der Waals surface area contributed by atoms with Gasteiger partial charge in [0.15, 0.2) is 5.89 Å². The lowest BCUT2D eigenvalue weighted by Crippen LogP contribution is -2.22. The highest BCUT2D eigenvalue weighted by Gasteiger charge is 2.37.